The second kappa shape index (κ2) is 6.55. The molecule has 0 saturated heterocycles. The maximum Gasteiger partial charge on any atom is 0.135 e. The molecule has 0 atom stereocenters. The van der Waals surface area contributed by atoms with Crippen molar-refractivity contribution in [2.45, 2.75) is 6.42 Å². The van der Waals surface area contributed by atoms with Gasteiger partial charge in [0.25, 0.3) is 0 Å². The Kier molecular flexibility index (Phi) is 4.10. The zero-order valence-corrected chi connectivity index (χ0v) is 14.6. The van der Waals surface area contributed by atoms with Gasteiger partial charge in [0.2, 0.25) is 0 Å². The number of hydrogen-bond acceptors (Lipinski definition) is 4. The van der Waals surface area contributed by atoms with E-state index in [1.807, 2.05) is 12.1 Å². The molecule has 0 radical (unpaired) electrons. The van der Waals surface area contributed by atoms with Crippen LogP contribution < -0.4 is 9.80 Å². The fourth-order valence-electron chi connectivity index (χ4n) is 3.16. The molecule has 4 aromatic rings. The molecular formula is C21H22N2O2. The molecule has 0 amide bonds. The van der Waals surface area contributed by atoms with E-state index in [1.165, 1.54) is 11.4 Å². The second-order valence-corrected chi connectivity index (χ2v) is 6.48. The van der Waals surface area contributed by atoms with Crippen molar-refractivity contribution in [2.24, 2.45) is 0 Å². The van der Waals surface area contributed by atoms with E-state index in [2.05, 4.69) is 60.3 Å². The minimum absolute atomic E-state index is 0.938. The maximum atomic E-state index is 5.49. The quantitative estimate of drug-likeness (QED) is 0.489. The number of nitrogens with zero attached hydrogens (tertiary/aromatic N) is 2. The average Bonchev–Trinajstić information content (AvgIpc) is 3.28. The highest BCUT2D eigenvalue weighted by Crippen LogP contribution is 2.24. The Labute approximate surface area is 147 Å². The number of benzene rings is 2. The lowest BCUT2D eigenvalue weighted by Crippen LogP contribution is -2.25. The number of furan rings is 2. The van der Waals surface area contributed by atoms with Crippen molar-refractivity contribution in [3.8, 4) is 0 Å². The van der Waals surface area contributed by atoms with Crippen molar-refractivity contribution in [2.75, 3.05) is 37.0 Å². The summed E-state index contributed by atoms with van der Waals surface area (Å²) in [7, 11) is 4.25. The lowest BCUT2D eigenvalue weighted by atomic mass is 10.2. The van der Waals surface area contributed by atoms with E-state index in [0.29, 0.717) is 0 Å². The van der Waals surface area contributed by atoms with Gasteiger partial charge < -0.3 is 18.6 Å². The summed E-state index contributed by atoms with van der Waals surface area (Å²) < 4.78 is 11.0. The van der Waals surface area contributed by atoms with E-state index in [4.69, 9.17) is 8.83 Å². The van der Waals surface area contributed by atoms with Gasteiger partial charge in [-0.1, -0.05) is 0 Å². The van der Waals surface area contributed by atoms with Crippen LogP contribution in [0.3, 0.4) is 0 Å². The molecule has 25 heavy (non-hydrogen) atoms. The molecule has 0 spiro atoms. The van der Waals surface area contributed by atoms with Gasteiger partial charge in [-0.3, -0.25) is 0 Å². The van der Waals surface area contributed by atoms with Gasteiger partial charge in [-0.15, -0.1) is 0 Å². The normalized spacial score (nSPS) is 11.3. The van der Waals surface area contributed by atoms with Crippen molar-refractivity contribution in [3.63, 3.8) is 0 Å². The van der Waals surface area contributed by atoms with Crippen LogP contribution in [0.1, 0.15) is 6.42 Å². The van der Waals surface area contributed by atoms with Gasteiger partial charge in [0.05, 0.1) is 12.5 Å². The molecule has 0 fully saturated rings. The van der Waals surface area contributed by atoms with Gasteiger partial charge in [0.15, 0.2) is 0 Å². The van der Waals surface area contributed by atoms with Gasteiger partial charge in [0.1, 0.15) is 11.2 Å². The molecule has 0 aliphatic rings. The van der Waals surface area contributed by atoms with Crippen LogP contribution in [0.2, 0.25) is 0 Å². The molecule has 0 aliphatic carbocycles. The molecule has 4 nitrogen and oxygen atoms in total. The predicted molar refractivity (Wildman–Crippen MR) is 104 cm³/mol. The van der Waals surface area contributed by atoms with Crippen LogP contribution in [0.5, 0.6) is 0 Å². The van der Waals surface area contributed by atoms with E-state index in [9.17, 15) is 0 Å². The van der Waals surface area contributed by atoms with Gasteiger partial charge in [-0.25, -0.2) is 0 Å². The van der Waals surface area contributed by atoms with Crippen LogP contribution in [-0.2, 0) is 0 Å². The molecule has 0 aliphatic heterocycles. The zero-order chi connectivity index (χ0) is 17.2. The second-order valence-electron chi connectivity index (χ2n) is 6.48. The summed E-state index contributed by atoms with van der Waals surface area (Å²) in [6.45, 7) is 1.97. The third-order valence-electron chi connectivity index (χ3n) is 4.75. The van der Waals surface area contributed by atoms with Crippen LogP contribution >= 0.6 is 0 Å². The fourth-order valence-corrected chi connectivity index (χ4v) is 3.16. The van der Waals surface area contributed by atoms with Crippen LogP contribution in [0.15, 0.2) is 69.9 Å². The minimum Gasteiger partial charge on any atom is -0.464 e. The van der Waals surface area contributed by atoms with Crippen LogP contribution in [0.4, 0.5) is 11.4 Å². The fraction of sp³-hybridized carbons (Fsp3) is 0.238. The largest absolute Gasteiger partial charge is 0.464 e. The van der Waals surface area contributed by atoms with E-state index in [-0.39, 0.29) is 0 Å². The molecule has 4 heteroatoms. The van der Waals surface area contributed by atoms with Crippen molar-refractivity contribution in [3.05, 3.63) is 61.1 Å². The Balaban J connectivity index is 1.35. The van der Waals surface area contributed by atoms with E-state index >= 15 is 0 Å². The highest BCUT2D eigenvalue weighted by atomic mass is 16.3. The summed E-state index contributed by atoms with van der Waals surface area (Å²) in [5.74, 6) is 0. The Morgan fingerprint density at radius 1 is 0.680 bits per heavy atom. The lowest BCUT2D eigenvalue weighted by molar-refractivity contribution is 0.615. The molecule has 128 valence electrons. The smallest absolute Gasteiger partial charge is 0.135 e. The molecule has 2 heterocycles. The highest BCUT2D eigenvalue weighted by Gasteiger charge is 2.07. The Morgan fingerprint density at radius 3 is 1.64 bits per heavy atom. The molecule has 0 saturated carbocycles. The summed E-state index contributed by atoms with van der Waals surface area (Å²) in [6, 6.07) is 16.7. The first kappa shape index (κ1) is 15.6. The lowest BCUT2D eigenvalue weighted by Gasteiger charge is -2.23. The van der Waals surface area contributed by atoms with Gasteiger partial charge in [-0.05, 0) is 42.8 Å². The first-order chi connectivity index (χ1) is 12.2. The molecule has 4 rings (SSSR count). The Morgan fingerprint density at radius 2 is 1.16 bits per heavy atom. The maximum absolute atomic E-state index is 5.49. The van der Waals surface area contributed by atoms with Crippen LogP contribution in [-0.4, -0.2) is 27.2 Å². The molecule has 0 unspecified atom stereocenters. The summed E-state index contributed by atoms with van der Waals surface area (Å²) in [6.07, 6.45) is 4.54. The minimum atomic E-state index is 0.938. The van der Waals surface area contributed by atoms with Gasteiger partial charge in [-0.2, -0.15) is 0 Å². The number of anilines is 2. The molecule has 0 N–H and O–H groups in total. The van der Waals surface area contributed by atoms with Crippen molar-refractivity contribution in [1.29, 1.82) is 0 Å². The monoisotopic (exact) mass is 334 g/mol. The van der Waals surface area contributed by atoms with Crippen LogP contribution in [0, 0.1) is 0 Å². The van der Waals surface area contributed by atoms with Crippen molar-refractivity contribution < 1.29 is 8.83 Å². The zero-order valence-electron chi connectivity index (χ0n) is 14.6. The molecular weight excluding hydrogens is 312 g/mol. The summed E-state index contributed by atoms with van der Waals surface area (Å²) in [5, 5.41) is 2.29. The standard InChI is InChI=1S/C21H22N2O2/c1-22(18-6-4-16-8-12-24-20(16)14-18)10-3-11-23(2)19-7-5-17-9-13-25-21(17)15-19/h4-9,12-15H,3,10-11H2,1-2H3. The third-order valence-corrected chi connectivity index (χ3v) is 4.75. The van der Waals surface area contributed by atoms with E-state index in [0.717, 1.165) is 41.4 Å². The van der Waals surface area contributed by atoms with Gasteiger partial charge in [0, 0.05) is 61.5 Å². The first-order valence-corrected chi connectivity index (χ1v) is 8.57. The summed E-state index contributed by atoms with van der Waals surface area (Å²) in [5.41, 5.74) is 4.24. The van der Waals surface area contributed by atoms with Crippen molar-refractivity contribution in [1.82, 2.24) is 0 Å². The number of hydrogen-bond donors (Lipinski definition) is 0. The topological polar surface area (TPSA) is 32.8 Å². The molecule has 0 bridgehead atoms. The summed E-state index contributed by atoms with van der Waals surface area (Å²) >= 11 is 0. The van der Waals surface area contributed by atoms with Crippen LogP contribution in [0.25, 0.3) is 21.9 Å². The van der Waals surface area contributed by atoms with E-state index in [1.54, 1.807) is 12.5 Å². The Hall–Kier alpha value is -2.88. The predicted octanol–water partition coefficient (Wildman–Crippen LogP) is 5.14. The Bertz CT molecular complexity index is 906. The summed E-state index contributed by atoms with van der Waals surface area (Å²) in [4.78, 5) is 4.54. The van der Waals surface area contributed by atoms with Crippen molar-refractivity contribution >= 4 is 33.3 Å². The average molecular weight is 334 g/mol. The highest BCUT2D eigenvalue weighted by molar-refractivity contribution is 5.81. The SMILES string of the molecule is CN(CCCN(C)c1ccc2ccoc2c1)c1ccc2ccoc2c1. The molecule has 2 aromatic heterocycles. The number of fused-ring (bicyclic) bond motifs is 2. The number of rotatable bonds is 6. The third kappa shape index (κ3) is 3.20. The van der Waals surface area contributed by atoms with E-state index < -0.39 is 0 Å². The first-order valence-electron chi connectivity index (χ1n) is 8.57. The van der Waals surface area contributed by atoms with Gasteiger partial charge >= 0.3 is 0 Å². The molecule has 2 aromatic carbocycles.